The third kappa shape index (κ3) is 4.27. The normalized spacial score (nSPS) is 29.2. The van der Waals surface area contributed by atoms with Crippen LogP contribution in [0.3, 0.4) is 0 Å². The number of halogens is 1. The second kappa shape index (κ2) is 8.49. The Morgan fingerprint density at radius 1 is 1.04 bits per heavy atom. The van der Waals surface area contributed by atoms with Crippen molar-refractivity contribution in [1.82, 2.24) is 0 Å². The summed E-state index contributed by atoms with van der Waals surface area (Å²) in [5.74, 6) is 0.463. The number of hydrogen-bond donors (Lipinski definition) is 4. The fourth-order valence-electron chi connectivity index (χ4n) is 2.56. The van der Waals surface area contributed by atoms with E-state index in [9.17, 15) is 20.4 Å². The lowest BCUT2D eigenvalue weighted by atomic mass is 9.99. The zero-order valence-corrected chi connectivity index (χ0v) is 15.2. The van der Waals surface area contributed by atoms with Gasteiger partial charge < -0.3 is 29.9 Å². The Labute approximate surface area is 159 Å². The molecule has 0 amide bonds. The Kier molecular flexibility index (Phi) is 6.31. The van der Waals surface area contributed by atoms with Crippen molar-refractivity contribution in [2.75, 3.05) is 6.61 Å². The van der Waals surface area contributed by atoms with Gasteiger partial charge in [-0.2, -0.15) is 0 Å². The van der Waals surface area contributed by atoms with Gasteiger partial charge in [-0.15, -0.1) is 11.3 Å². The fourth-order valence-corrected chi connectivity index (χ4v) is 3.41. The molecule has 0 aliphatic carbocycles. The first kappa shape index (κ1) is 19.3. The van der Waals surface area contributed by atoms with Crippen molar-refractivity contribution in [1.29, 1.82) is 0 Å². The van der Waals surface area contributed by atoms with Crippen LogP contribution in [0.5, 0.6) is 5.75 Å². The van der Waals surface area contributed by atoms with E-state index in [4.69, 9.17) is 21.1 Å². The molecule has 0 saturated carbocycles. The maximum absolute atomic E-state index is 10.1. The van der Waals surface area contributed by atoms with Crippen molar-refractivity contribution in [2.24, 2.45) is 0 Å². The van der Waals surface area contributed by atoms with Crippen LogP contribution in [-0.4, -0.2) is 57.7 Å². The van der Waals surface area contributed by atoms with Gasteiger partial charge in [-0.05, 0) is 35.2 Å². The minimum atomic E-state index is -1.47. The van der Waals surface area contributed by atoms with E-state index >= 15 is 0 Å². The van der Waals surface area contributed by atoms with Crippen molar-refractivity contribution in [3.8, 4) is 5.75 Å². The van der Waals surface area contributed by atoms with Crippen molar-refractivity contribution >= 4 is 35.1 Å². The molecule has 1 aliphatic rings. The molecule has 0 spiro atoms. The lowest BCUT2D eigenvalue weighted by Crippen LogP contribution is -2.60. The lowest BCUT2D eigenvalue weighted by molar-refractivity contribution is -0.277. The highest BCUT2D eigenvalue weighted by Gasteiger charge is 2.44. The zero-order valence-electron chi connectivity index (χ0n) is 13.6. The molecule has 2 aromatic rings. The van der Waals surface area contributed by atoms with Crippen molar-refractivity contribution in [2.45, 2.75) is 30.7 Å². The molecule has 2 heterocycles. The molecular formula is C18H19ClO6S. The summed E-state index contributed by atoms with van der Waals surface area (Å²) in [7, 11) is 0. The van der Waals surface area contributed by atoms with Crippen LogP contribution in [0.2, 0.25) is 5.02 Å². The Balaban J connectivity index is 1.73. The van der Waals surface area contributed by atoms with Gasteiger partial charge in [0.1, 0.15) is 30.2 Å². The van der Waals surface area contributed by atoms with E-state index in [1.54, 1.807) is 18.2 Å². The first-order chi connectivity index (χ1) is 12.5. The predicted molar refractivity (Wildman–Crippen MR) is 99.1 cm³/mol. The predicted octanol–water partition coefficient (Wildman–Crippen LogP) is 1.75. The molecule has 5 unspecified atom stereocenters. The highest BCUT2D eigenvalue weighted by atomic mass is 35.5. The number of rotatable bonds is 5. The molecule has 1 fully saturated rings. The number of ether oxygens (including phenoxy) is 2. The van der Waals surface area contributed by atoms with Gasteiger partial charge in [-0.1, -0.05) is 29.8 Å². The van der Waals surface area contributed by atoms with Crippen LogP contribution in [0.4, 0.5) is 0 Å². The Hall–Kier alpha value is -1.45. The van der Waals surface area contributed by atoms with Gasteiger partial charge >= 0.3 is 0 Å². The first-order valence-electron chi connectivity index (χ1n) is 7.98. The minimum Gasteiger partial charge on any atom is -0.460 e. The van der Waals surface area contributed by atoms with E-state index in [0.29, 0.717) is 10.8 Å². The summed E-state index contributed by atoms with van der Waals surface area (Å²) >= 11 is 7.30. The summed E-state index contributed by atoms with van der Waals surface area (Å²) in [5.41, 5.74) is 0.960. The van der Waals surface area contributed by atoms with Crippen molar-refractivity contribution in [3.05, 3.63) is 51.2 Å². The second-order valence-corrected chi connectivity index (χ2v) is 7.23. The average Bonchev–Trinajstić information content (AvgIpc) is 3.09. The van der Waals surface area contributed by atoms with Crippen molar-refractivity contribution < 1.29 is 29.9 Å². The van der Waals surface area contributed by atoms with Gasteiger partial charge in [0.15, 0.2) is 0 Å². The standard InChI is InChI=1S/C18H19ClO6S/c19-11-4-1-10(2-5-11)3-6-14-12(7-8-26-14)24-18-17(23)16(22)15(21)13(9-20)25-18/h1-8,13,15-18,20-23H,9H2/b6-3+. The maximum Gasteiger partial charge on any atom is 0.229 e. The highest BCUT2D eigenvalue weighted by molar-refractivity contribution is 7.11. The van der Waals surface area contributed by atoms with Crippen LogP contribution in [0.1, 0.15) is 10.4 Å². The van der Waals surface area contributed by atoms with Crippen LogP contribution >= 0.6 is 22.9 Å². The number of hydrogen-bond acceptors (Lipinski definition) is 7. The fraction of sp³-hybridized carbons (Fsp3) is 0.333. The van der Waals surface area contributed by atoms with E-state index in [2.05, 4.69) is 0 Å². The summed E-state index contributed by atoms with van der Waals surface area (Å²) in [6, 6.07) is 9.06. The van der Waals surface area contributed by atoms with Gasteiger partial charge in [0.25, 0.3) is 0 Å². The van der Waals surface area contributed by atoms with Crippen LogP contribution in [-0.2, 0) is 4.74 Å². The van der Waals surface area contributed by atoms with E-state index in [1.165, 1.54) is 11.3 Å². The molecule has 0 bridgehead atoms. The summed E-state index contributed by atoms with van der Waals surface area (Å²) in [6.45, 7) is -0.502. The van der Waals surface area contributed by atoms with E-state index < -0.39 is 37.3 Å². The van der Waals surface area contributed by atoms with Crippen molar-refractivity contribution in [3.63, 3.8) is 0 Å². The van der Waals surface area contributed by atoms with E-state index in [1.807, 2.05) is 29.7 Å². The number of benzene rings is 1. The molecule has 4 N–H and O–H groups in total. The Morgan fingerprint density at radius 2 is 1.77 bits per heavy atom. The average molecular weight is 399 g/mol. The number of aliphatic hydroxyl groups is 4. The molecule has 26 heavy (non-hydrogen) atoms. The molecular weight excluding hydrogens is 380 g/mol. The van der Waals surface area contributed by atoms with Gasteiger partial charge in [0, 0.05) is 5.02 Å². The number of thiophene rings is 1. The topological polar surface area (TPSA) is 99.4 Å². The molecule has 3 rings (SSSR count). The van der Waals surface area contributed by atoms with E-state index in [-0.39, 0.29) is 0 Å². The molecule has 1 aromatic carbocycles. The zero-order chi connectivity index (χ0) is 18.7. The summed E-state index contributed by atoms with van der Waals surface area (Å²) in [5, 5.41) is 41.5. The molecule has 1 aliphatic heterocycles. The molecule has 1 aromatic heterocycles. The molecule has 6 nitrogen and oxygen atoms in total. The second-order valence-electron chi connectivity index (χ2n) is 5.85. The van der Waals surface area contributed by atoms with Crippen LogP contribution in [0.25, 0.3) is 12.2 Å². The third-order valence-electron chi connectivity index (χ3n) is 4.05. The summed E-state index contributed by atoms with van der Waals surface area (Å²) in [4.78, 5) is 0.789. The van der Waals surface area contributed by atoms with Gasteiger partial charge in [0.2, 0.25) is 6.29 Å². The molecule has 8 heteroatoms. The van der Waals surface area contributed by atoms with Crippen LogP contribution < -0.4 is 4.74 Å². The monoisotopic (exact) mass is 398 g/mol. The van der Waals surface area contributed by atoms with Gasteiger partial charge in [-0.25, -0.2) is 0 Å². The van der Waals surface area contributed by atoms with Crippen LogP contribution in [0, 0.1) is 0 Å². The number of aliphatic hydroxyl groups excluding tert-OH is 4. The van der Waals surface area contributed by atoms with Gasteiger partial charge in [0.05, 0.1) is 11.5 Å². The Morgan fingerprint density at radius 3 is 2.46 bits per heavy atom. The SMILES string of the molecule is OCC1OC(Oc2ccsc2/C=C/c2ccc(Cl)cc2)C(O)C(O)C1O. The van der Waals surface area contributed by atoms with Gasteiger partial charge in [-0.3, -0.25) is 0 Å². The maximum atomic E-state index is 10.1. The summed E-state index contributed by atoms with van der Waals surface area (Å²) < 4.78 is 11.0. The largest absolute Gasteiger partial charge is 0.460 e. The Bertz CT molecular complexity index is 744. The molecule has 0 radical (unpaired) electrons. The highest BCUT2D eigenvalue weighted by Crippen LogP contribution is 2.31. The molecule has 1 saturated heterocycles. The third-order valence-corrected chi connectivity index (χ3v) is 5.16. The van der Waals surface area contributed by atoms with Crippen LogP contribution in [0.15, 0.2) is 35.7 Å². The van der Waals surface area contributed by atoms with E-state index in [0.717, 1.165) is 10.4 Å². The lowest BCUT2D eigenvalue weighted by Gasteiger charge is -2.39. The smallest absolute Gasteiger partial charge is 0.229 e. The molecule has 140 valence electrons. The molecule has 5 atom stereocenters. The minimum absolute atomic E-state index is 0.463. The quantitative estimate of drug-likeness (QED) is 0.612. The summed E-state index contributed by atoms with van der Waals surface area (Å²) in [6.07, 6.45) is -2.80. The first-order valence-corrected chi connectivity index (χ1v) is 9.23.